The lowest BCUT2D eigenvalue weighted by Gasteiger charge is -2.29. The molecule has 1 aliphatic heterocycles. The van der Waals surface area contributed by atoms with Gasteiger partial charge in [0, 0.05) is 31.7 Å². The van der Waals surface area contributed by atoms with Gasteiger partial charge in [0.25, 0.3) is 0 Å². The Hall–Kier alpha value is -2.01. The molecule has 3 heterocycles. The smallest absolute Gasteiger partial charge is 0.145 e. The van der Waals surface area contributed by atoms with E-state index in [1.807, 2.05) is 18.5 Å². The summed E-state index contributed by atoms with van der Waals surface area (Å²) in [5, 5.41) is 3.32. The number of hydrogen-bond acceptors (Lipinski definition) is 5. The number of pyridine rings is 1. The third-order valence-corrected chi connectivity index (χ3v) is 4.10. The molecule has 0 radical (unpaired) electrons. The number of piperidine rings is 1. The van der Waals surface area contributed by atoms with Gasteiger partial charge in [0.1, 0.15) is 5.82 Å². The van der Waals surface area contributed by atoms with Gasteiger partial charge >= 0.3 is 0 Å². The number of likely N-dealkylation sites (tertiary alicyclic amines) is 1. The van der Waals surface area contributed by atoms with Gasteiger partial charge in [0.2, 0.25) is 0 Å². The van der Waals surface area contributed by atoms with Crippen LogP contribution in [-0.4, -0.2) is 40.0 Å². The van der Waals surface area contributed by atoms with Crippen molar-refractivity contribution in [2.75, 3.05) is 25.5 Å². The Morgan fingerprint density at radius 3 is 3.05 bits per heavy atom. The second-order valence-electron chi connectivity index (χ2n) is 6.09. The van der Waals surface area contributed by atoms with E-state index in [1.54, 1.807) is 12.4 Å². The van der Waals surface area contributed by atoms with Crippen LogP contribution in [0.2, 0.25) is 0 Å². The van der Waals surface area contributed by atoms with E-state index in [1.165, 1.54) is 19.4 Å². The van der Waals surface area contributed by atoms with Crippen LogP contribution in [0.25, 0.3) is 0 Å². The maximum atomic E-state index is 4.69. The van der Waals surface area contributed by atoms with E-state index in [-0.39, 0.29) is 0 Å². The highest BCUT2D eigenvalue weighted by atomic mass is 15.1. The number of anilines is 1. The second kappa shape index (κ2) is 7.31. The van der Waals surface area contributed by atoms with E-state index in [4.69, 9.17) is 4.98 Å². The molecule has 5 nitrogen and oxygen atoms in total. The first-order valence-electron chi connectivity index (χ1n) is 7.92. The van der Waals surface area contributed by atoms with Gasteiger partial charge in [-0.3, -0.25) is 9.97 Å². The lowest BCUT2D eigenvalue weighted by atomic mass is 9.94. The summed E-state index contributed by atoms with van der Waals surface area (Å²) >= 11 is 0. The second-order valence-corrected chi connectivity index (χ2v) is 6.09. The zero-order valence-electron chi connectivity index (χ0n) is 13.1. The van der Waals surface area contributed by atoms with Gasteiger partial charge < -0.3 is 10.2 Å². The SMILES string of the molecule is CN1CCCC(Cc2cncc(NCc3cccnc3)n2)C1. The van der Waals surface area contributed by atoms with Crippen LogP contribution >= 0.6 is 0 Å². The third-order valence-electron chi connectivity index (χ3n) is 4.10. The van der Waals surface area contributed by atoms with Crippen molar-refractivity contribution in [3.8, 4) is 0 Å². The fourth-order valence-corrected chi connectivity index (χ4v) is 3.02. The van der Waals surface area contributed by atoms with Gasteiger partial charge in [-0.15, -0.1) is 0 Å². The van der Waals surface area contributed by atoms with Crippen molar-refractivity contribution in [3.63, 3.8) is 0 Å². The van der Waals surface area contributed by atoms with Crippen LogP contribution in [0.5, 0.6) is 0 Å². The van der Waals surface area contributed by atoms with E-state index >= 15 is 0 Å². The first kappa shape index (κ1) is 14.9. The highest BCUT2D eigenvalue weighted by molar-refractivity contribution is 5.33. The van der Waals surface area contributed by atoms with Gasteiger partial charge in [-0.25, -0.2) is 4.98 Å². The minimum absolute atomic E-state index is 0.696. The topological polar surface area (TPSA) is 53.9 Å². The molecule has 0 bridgehead atoms. The lowest BCUT2D eigenvalue weighted by molar-refractivity contribution is 0.208. The molecule has 2 aromatic rings. The summed E-state index contributed by atoms with van der Waals surface area (Å²) in [6, 6.07) is 3.99. The number of hydrogen-bond donors (Lipinski definition) is 1. The molecule has 2 aromatic heterocycles. The van der Waals surface area contributed by atoms with Crippen molar-refractivity contribution >= 4 is 5.82 Å². The van der Waals surface area contributed by atoms with Crippen molar-refractivity contribution in [1.29, 1.82) is 0 Å². The lowest BCUT2D eigenvalue weighted by Crippen LogP contribution is -2.33. The summed E-state index contributed by atoms with van der Waals surface area (Å²) in [4.78, 5) is 15.5. The van der Waals surface area contributed by atoms with Crippen LogP contribution in [0, 0.1) is 5.92 Å². The van der Waals surface area contributed by atoms with E-state index < -0.39 is 0 Å². The van der Waals surface area contributed by atoms with Crippen LogP contribution in [0.1, 0.15) is 24.1 Å². The molecule has 1 N–H and O–H groups in total. The molecule has 1 aliphatic rings. The van der Waals surface area contributed by atoms with Crippen molar-refractivity contribution in [3.05, 3.63) is 48.2 Å². The maximum Gasteiger partial charge on any atom is 0.145 e. The molecule has 1 unspecified atom stereocenters. The predicted octanol–water partition coefficient (Wildman–Crippen LogP) is 2.37. The Kier molecular flexibility index (Phi) is 4.96. The van der Waals surface area contributed by atoms with Crippen LogP contribution in [-0.2, 0) is 13.0 Å². The fraction of sp³-hybridized carbons (Fsp3) is 0.471. The molecule has 0 saturated carbocycles. The predicted molar refractivity (Wildman–Crippen MR) is 87.5 cm³/mol. The third kappa shape index (κ3) is 4.24. The highest BCUT2D eigenvalue weighted by Gasteiger charge is 2.18. The summed E-state index contributed by atoms with van der Waals surface area (Å²) < 4.78 is 0. The summed E-state index contributed by atoms with van der Waals surface area (Å²) in [5.74, 6) is 1.53. The van der Waals surface area contributed by atoms with Gasteiger partial charge in [0.05, 0.1) is 11.9 Å². The largest absolute Gasteiger partial charge is 0.365 e. The Balaban J connectivity index is 1.57. The van der Waals surface area contributed by atoms with Crippen LogP contribution in [0.3, 0.4) is 0 Å². The number of rotatable bonds is 5. The molecule has 0 aliphatic carbocycles. The van der Waals surface area contributed by atoms with Gasteiger partial charge in [-0.05, 0) is 50.4 Å². The molecule has 1 fully saturated rings. The van der Waals surface area contributed by atoms with Crippen molar-refractivity contribution in [1.82, 2.24) is 19.9 Å². The standard InChI is InChI=1S/C17H23N5/c1-22-7-3-5-14(13-22)8-16-11-19-12-17(21-16)20-10-15-4-2-6-18-9-15/h2,4,6,9,11-12,14H,3,5,7-8,10,13H2,1H3,(H,20,21). The van der Waals surface area contributed by atoms with Gasteiger partial charge in [-0.2, -0.15) is 0 Å². The van der Waals surface area contributed by atoms with E-state index in [0.29, 0.717) is 5.92 Å². The van der Waals surface area contributed by atoms with Crippen LogP contribution in [0.4, 0.5) is 5.82 Å². The molecule has 0 aromatic carbocycles. The van der Waals surface area contributed by atoms with Crippen LogP contribution in [0.15, 0.2) is 36.9 Å². The Labute approximate surface area is 131 Å². The molecular weight excluding hydrogens is 274 g/mol. The molecule has 116 valence electrons. The summed E-state index contributed by atoms with van der Waals surface area (Å²) in [5.41, 5.74) is 2.22. The molecular formula is C17H23N5. The molecule has 0 amide bonds. The number of nitrogens with zero attached hydrogens (tertiary/aromatic N) is 4. The van der Waals surface area contributed by atoms with Crippen LogP contribution < -0.4 is 5.32 Å². The highest BCUT2D eigenvalue weighted by Crippen LogP contribution is 2.19. The molecule has 1 atom stereocenters. The zero-order valence-corrected chi connectivity index (χ0v) is 13.1. The average Bonchev–Trinajstić information content (AvgIpc) is 2.54. The summed E-state index contributed by atoms with van der Waals surface area (Å²) in [7, 11) is 2.20. The quantitative estimate of drug-likeness (QED) is 0.918. The van der Waals surface area contributed by atoms with Crippen molar-refractivity contribution < 1.29 is 0 Å². The van der Waals surface area contributed by atoms with Crippen molar-refractivity contribution in [2.45, 2.75) is 25.8 Å². The molecule has 1 saturated heterocycles. The minimum Gasteiger partial charge on any atom is -0.365 e. The van der Waals surface area contributed by atoms with Gasteiger partial charge in [-0.1, -0.05) is 6.07 Å². The fourth-order valence-electron chi connectivity index (χ4n) is 3.02. The maximum absolute atomic E-state index is 4.69. The Morgan fingerprint density at radius 2 is 2.23 bits per heavy atom. The Morgan fingerprint density at radius 1 is 1.27 bits per heavy atom. The molecule has 0 spiro atoms. The first-order chi connectivity index (χ1) is 10.8. The minimum atomic E-state index is 0.696. The molecule has 3 rings (SSSR count). The van der Waals surface area contributed by atoms with Gasteiger partial charge in [0.15, 0.2) is 0 Å². The number of aromatic nitrogens is 3. The van der Waals surface area contributed by atoms with E-state index in [9.17, 15) is 0 Å². The van der Waals surface area contributed by atoms with E-state index in [2.05, 4.69) is 33.3 Å². The monoisotopic (exact) mass is 297 g/mol. The Bertz CT molecular complexity index is 587. The molecule has 5 heteroatoms. The summed E-state index contributed by atoms with van der Waals surface area (Å²) in [6.07, 6.45) is 10.9. The number of nitrogens with one attached hydrogen (secondary N) is 1. The van der Waals surface area contributed by atoms with E-state index in [0.717, 1.165) is 36.6 Å². The summed E-state index contributed by atoms with van der Waals surface area (Å²) in [6.45, 7) is 3.10. The first-order valence-corrected chi connectivity index (χ1v) is 7.92. The molecule has 22 heavy (non-hydrogen) atoms. The zero-order chi connectivity index (χ0) is 15.2. The normalized spacial score (nSPS) is 19.0. The van der Waals surface area contributed by atoms with Crippen molar-refractivity contribution in [2.24, 2.45) is 5.92 Å². The average molecular weight is 297 g/mol.